The van der Waals surface area contributed by atoms with Crippen LogP contribution in [0.4, 0.5) is 13.2 Å². The lowest BCUT2D eigenvalue weighted by Gasteiger charge is -2.31. The number of hydrogen-bond acceptors (Lipinski definition) is 3. The standard InChI is InChI=1S/C7H10F3N3/c8-7(9,10)5-12-1-3-13(6-11)4-2-12/h1-5H2. The number of piperazine rings is 1. The second-order valence-electron chi connectivity index (χ2n) is 2.98. The molecule has 13 heavy (non-hydrogen) atoms. The van der Waals surface area contributed by atoms with Crippen molar-refractivity contribution in [1.29, 1.82) is 5.26 Å². The van der Waals surface area contributed by atoms with Crippen LogP contribution in [-0.2, 0) is 0 Å². The molecule has 0 N–H and O–H groups in total. The summed E-state index contributed by atoms with van der Waals surface area (Å²) in [5.74, 6) is 0. The number of hydrogen-bond donors (Lipinski definition) is 0. The maximum absolute atomic E-state index is 11.9. The van der Waals surface area contributed by atoms with Gasteiger partial charge in [-0.2, -0.15) is 18.4 Å². The number of halogens is 3. The van der Waals surface area contributed by atoms with E-state index in [1.165, 1.54) is 9.80 Å². The van der Waals surface area contributed by atoms with E-state index < -0.39 is 12.7 Å². The van der Waals surface area contributed by atoms with Gasteiger partial charge in [0.2, 0.25) is 0 Å². The highest BCUT2D eigenvalue weighted by Crippen LogP contribution is 2.17. The van der Waals surface area contributed by atoms with Gasteiger partial charge in [-0.1, -0.05) is 0 Å². The zero-order valence-electron chi connectivity index (χ0n) is 7.01. The lowest BCUT2D eigenvalue weighted by molar-refractivity contribution is -0.148. The van der Waals surface area contributed by atoms with Gasteiger partial charge in [0.25, 0.3) is 0 Å². The molecule has 0 saturated carbocycles. The van der Waals surface area contributed by atoms with Crippen molar-refractivity contribution in [2.24, 2.45) is 0 Å². The van der Waals surface area contributed by atoms with Crippen molar-refractivity contribution in [2.45, 2.75) is 6.18 Å². The van der Waals surface area contributed by atoms with Crippen molar-refractivity contribution in [3.05, 3.63) is 0 Å². The highest BCUT2D eigenvalue weighted by Gasteiger charge is 2.31. The van der Waals surface area contributed by atoms with Crippen LogP contribution in [0.25, 0.3) is 0 Å². The summed E-state index contributed by atoms with van der Waals surface area (Å²) in [5.41, 5.74) is 0. The number of rotatable bonds is 1. The average molecular weight is 193 g/mol. The first kappa shape index (κ1) is 10.1. The molecule has 1 heterocycles. The maximum Gasteiger partial charge on any atom is 0.401 e. The molecular weight excluding hydrogens is 183 g/mol. The van der Waals surface area contributed by atoms with Crippen molar-refractivity contribution in [3.63, 3.8) is 0 Å². The molecule has 1 aliphatic heterocycles. The fraction of sp³-hybridized carbons (Fsp3) is 0.857. The van der Waals surface area contributed by atoms with Gasteiger partial charge >= 0.3 is 6.18 Å². The molecule has 0 aromatic heterocycles. The van der Waals surface area contributed by atoms with E-state index in [1.807, 2.05) is 6.19 Å². The summed E-state index contributed by atoms with van der Waals surface area (Å²) in [7, 11) is 0. The smallest absolute Gasteiger partial charge is 0.308 e. The molecular formula is C7H10F3N3. The SMILES string of the molecule is N#CN1CCN(CC(F)(F)F)CC1. The number of alkyl halides is 3. The van der Waals surface area contributed by atoms with Crippen LogP contribution in [0.5, 0.6) is 0 Å². The van der Waals surface area contributed by atoms with Crippen molar-refractivity contribution >= 4 is 0 Å². The molecule has 0 amide bonds. The summed E-state index contributed by atoms with van der Waals surface area (Å²) >= 11 is 0. The Labute approximate surface area is 74.3 Å². The van der Waals surface area contributed by atoms with Gasteiger partial charge in [0.15, 0.2) is 6.19 Å². The topological polar surface area (TPSA) is 30.3 Å². The molecule has 74 valence electrons. The monoisotopic (exact) mass is 193 g/mol. The van der Waals surface area contributed by atoms with Gasteiger partial charge in [-0.25, -0.2) is 0 Å². The normalized spacial score (nSPS) is 20.0. The Balaban J connectivity index is 2.30. The second-order valence-corrected chi connectivity index (χ2v) is 2.98. The largest absolute Gasteiger partial charge is 0.401 e. The average Bonchev–Trinajstić information content (AvgIpc) is 2.03. The minimum absolute atomic E-state index is 0.313. The van der Waals surface area contributed by atoms with Crippen LogP contribution in [0.1, 0.15) is 0 Å². The van der Waals surface area contributed by atoms with E-state index in [2.05, 4.69) is 0 Å². The van der Waals surface area contributed by atoms with Crippen LogP contribution < -0.4 is 0 Å². The molecule has 0 spiro atoms. The quantitative estimate of drug-likeness (QED) is 0.573. The Kier molecular flexibility index (Phi) is 2.98. The van der Waals surface area contributed by atoms with Crippen molar-refractivity contribution in [2.75, 3.05) is 32.7 Å². The Morgan fingerprint density at radius 2 is 1.69 bits per heavy atom. The maximum atomic E-state index is 11.9. The summed E-state index contributed by atoms with van der Waals surface area (Å²) in [6.07, 6.45) is -2.22. The van der Waals surface area contributed by atoms with Crippen LogP contribution >= 0.6 is 0 Å². The van der Waals surface area contributed by atoms with E-state index in [-0.39, 0.29) is 0 Å². The molecule has 0 radical (unpaired) electrons. The molecule has 0 aliphatic carbocycles. The molecule has 0 unspecified atom stereocenters. The molecule has 1 fully saturated rings. The summed E-state index contributed by atoms with van der Waals surface area (Å²) in [5, 5.41) is 8.45. The highest BCUT2D eigenvalue weighted by atomic mass is 19.4. The first-order valence-electron chi connectivity index (χ1n) is 3.95. The van der Waals surface area contributed by atoms with Crippen LogP contribution in [0.3, 0.4) is 0 Å². The lowest BCUT2D eigenvalue weighted by atomic mass is 10.3. The lowest BCUT2D eigenvalue weighted by Crippen LogP contribution is -2.47. The van der Waals surface area contributed by atoms with Gasteiger partial charge in [-0.3, -0.25) is 4.90 Å². The van der Waals surface area contributed by atoms with Gasteiger partial charge in [-0.15, -0.1) is 0 Å². The molecule has 0 atom stereocenters. The van der Waals surface area contributed by atoms with E-state index in [0.717, 1.165) is 0 Å². The fourth-order valence-corrected chi connectivity index (χ4v) is 1.26. The Morgan fingerprint density at radius 3 is 2.08 bits per heavy atom. The summed E-state index contributed by atoms with van der Waals surface area (Å²) in [6.45, 7) is 0.547. The summed E-state index contributed by atoms with van der Waals surface area (Å²) in [4.78, 5) is 2.78. The van der Waals surface area contributed by atoms with Crippen LogP contribution in [-0.4, -0.2) is 48.7 Å². The number of nitriles is 1. The predicted molar refractivity (Wildman–Crippen MR) is 39.7 cm³/mol. The minimum atomic E-state index is -4.13. The van der Waals surface area contributed by atoms with E-state index in [4.69, 9.17) is 5.26 Å². The van der Waals surface area contributed by atoms with E-state index in [1.54, 1.807) is 0 Å². The molecule has 0 aromatic carbocycles. The van der Waals surface area contributed by atoms with Gasteiger partial charge in [0, 0.05) is 26.2 Å². The molecule has 0 bridgehead atoms. The summed E-state index contributed by atoms with van der Waals surface area (Å²) < 4.78 is 35.7. The zero-order valence-corrected chi connectivity index (χ0v) is 7.01. The fourth-order valence-electron chi connectivity index (χ4n) is 1.26. The third-order valence-corrected chi connectivity index (χ3v) is 1.92. The first-order valence-corrected chi connectivity index (χ1v) is 3.95. The molecule has 0 aromatic rings. The molecule has 1 saturated heterocycles. The van der Waals surface area contributed by atoms with E-state index in [0.29, 0.717) is 26.2 Å². The van der Waals surface area contributed by atoms with Crippen LogP contribution in [0.2, 0.25) is 0 Å². The second kappa shape index (κ2) is 3.83. The molecule has 6 heteroatoms. The van der Waals surface area contributed by atoms with E-state index >= 15 is 0 Å². The summed E-state index contributed by atoms with van der Waals surface area (Å²) in [6, 6.07) is 0. The van der Waals surface area contributed by atoms with Gasteiger partial charge < -0.3 is 4.90 Å². The molecule has 1 aliphatic rings. The van der Waals surface area contributed by atoms with Gasteiger partial charge in [0.1, 0.15) is 0 Å². The van der Waals surface area contributed by atoms with E-state index in [9.17, 15) is 13.2 Å². The van der Waals surface area contributed by atoms with Crippen LogP contribution in [0, 0.1) is 11.5 Å². The molecule has 3 nitrogen and oxygen atoms in total. The third-order valence-electron chi connectivity index (χ3n) is 1.92. The Hall–Kier alpha value is -0.960. The van der Waals surface area contributed by atoms with Crippen molar-refractivity contribution in [1.82, 2.24) is 9.80 Å². The highest BCUT2D eigenvalue weighted by molar-refractivity contribution is 4.81. The van der Waals surface area contributed by atoms with Gasteiger partial charge in [0.05, 0.1) is 6.54 Å². The number of nitrogens with zero attached hydrogens (tertiary/aromatic N) is 3. The molecule has 1 rings (SSSR count). The Bertz CT molecular complexity index is 200. The zero-order chi connectivity index (χ0) is 9.90. The van der Waals surface area contributed by atoms with Gasteiger partial charge in [-0.05, 0) is 0 Å². The Morgan fingerprint density at radius 1 is 1.15 bits per heavy atom. The van der Waals surface area contributed by atoms with Crippen molar-refractivity contribution < 1.29 is 13.2 Å². The minimum Gasteiger partial charge on any atom is -0.308 e. The third kappa shape index (κ3) is 3.51. The first-order chi connectivity index (χ1) is 6.01. The predicted octanol–water partition coefficient (Wildman–Crippen LogP) is 0.647. The van der Waals surface area contributed by atoms with Crippen molar-refractivity contribution in [3.8, 4) is 6.19 Å². The van der Waals surface area contributed by atoms with Crippen LogP contribution in [0.15, 0.2) is 0 Å².